The molecule has 2 nitrogen and oxygen atoms in total. The van der Waals surface area contributed by atoms with Gasteiger partial charge in [0.15, 0.2) is 0 Å². The lowest BCUT2D eigenvalue weighted by atomic mass is 10.00. The van der Waals surface area contributed by atoms with Gasteiger partial charge in [0.2, 0.25) is 0 Å². The Morgan fingerprint density at radius 1 is 1.47 bits per heavy atom. The molecule has 0 fully saturated rings. The van der Waals surface area contributed by atoms with Gasteiger partial charge in [0.05, 0.1) is 0 Å². The summed E-state index contributed by atoms with van der Waals surface area (Å²) in [5.74, 6) is 0.915. The summed E-state index contributed by atoms with van der Waals surface area (Å²) in [7, 11) is 0. The fourth-order valence-electron chi connectivity index (χ4n) is 2.05. The number of halogens is 1. The molecular weight excluding hydrogens is 212 g/mol. The highest BCUT2D eigenvalue weighted by Gasteiger charge is 2.31. The molecule has 1 aliphatic rings. The number of fused-ring (bicyclic) bond motifs is 1. The van der Waals surface area contributed by atoms with Crippen molar-refractivity contribution in [2.45, 2.75) is 32.3 Å². The van der Waals surface area contributed by atoms with Gasteiger partial charge in [0.25, 0.3) is 0 Å². The van der Waals surface area contributed by atoms with Crippen molar-refractivity contribution in [2.75, 3.05) is 6.61 Å². The topological polar surface area (TPSA) is 29.5 Å². The van der Waals surface area contributed by atoms with Gasteiger partial charge < -0.3 is 9.84 Å². The van der Waals surface area contributed by atoms with E-state index in [0.29, 0.717) is 6.42 Å². The normalized spacial score (nSPS) is 17.3. The van der Waals surface area contributed by atoms with E-state index >= 15 is 0 Å². The van der Waals surface area contributed by atoms with Crippen LogP contribution in [0.2, 0.25) is 5.02 Å². The first kappa shape index (κ1) is 10.8. The van der Waals surface area contributed by atoms with Gasteiger partial charge in [-0.2, -0.15) is 0 Å². The lowest BCUT2D eigenvalue weighted by molar-refractivity contribution is 0.136. The Morgan fingerprint density at radius 3 is 2.87 bits per heavy atom. The molecule has 0 radical (unpaired) electrons. The van der Waals surface area contributed by atoms with E-state index in [9.17, 15) is 0 Å². The van der Waals surface area contributed by atoms with Crippen LogP contribution in [0.4, 0.5) is 0 Å². The van der Waals surface area contributed by atoms with Crippen LogP contribution in [0.25, 0.3) is 0 Å². The van der Waals surface area contributed by atoms with Gasteiger partial charge in [-0.1, -0.05) is 11.6 Å². The van der Waals surface area contributed by atoms with Crippen molar-refractivity contribution in [3.63, 3.8) is 0 Å². The summed E-state index contributed by atoms with van der Waals surface area (Å²) in [5.41, 5.74) is 2.00. The van der Waals surface area contributed by atoms with Crippen molar-refractivity contribution < 1.29 is 9.84 Å². The summed E-state index contributed by atoms with van der Waals surface area (Å²) in [6, 6.07) is 3.82. The highest BCUT2D eigenvalue weighted by molar-refractivity contribution is 6.30. The zero-order valence-corrected chi connectivity index (χ0v) is 9.77. The smallest absolute Gasteiger partial charge is 0.126 e. The second kappa shape index (κ2) is 3.69. The second-order valence-electron chi connectivity index (χ2n) is 4.57. The molecule has 0 atom stereocenters. The van der Waals surface area contributed by atoms with E-state index < -0.39 is 0 Å². The van der Waals surface area contributed by atoms with Crippen LogP contribution >= 0.6 is 11.6 Å². The van der Waals surface area contributed by atoms with E-state index in [4.69, 9.17) is 21.4 Å². The number of ether oxygens (including phenoxy) is 1. The molecule has 0 aromatic heterocycles. The van der Waals surface area contributed by atoms with Gasteiger partial charge >= 0.3 is 0 Å². The van der Waals surface area contributed by atoms with Gasteiger partial charge in [-0.05, 0) is 43.5 Å². The third-order valence-electron chi connectivity index (χ3n) is 2.58. The average Bonchev–Trinajstić information content (AvgIpc) is 2.40. The van der Waals surface area contributed by atoms with Crippen molar-refractivity contribution in [3.8, 4) is 5.75 Å². The van der Waals surface area contributed by atoms with E-state index in [-0.39, 0.29) is 12.2 Å². The fraction of sp³-hybridized carbons (Fsp3) is 0.500. The Kier molecular flexibility index (Phi) is 2.65. The monoisotopic (exact) mass is 226 g/mol. The van der Waals surface area contributed by atoms with Crippen LogP contribution in [0, 0.1) is 0 Å². The fourth-order valence-corrected chi connectivity index (χ4v) is 2.31. The molecule has 1 aromatic rings. The van der Waals surface area contributed by atoms with E-state index in [1.54, 1.807) is 0 Å². The van der Waals surface area contributed by atoms with Crippen molar-refractivity contribution in [2.24, 2.45) is 0 Å². The van der Waals surface area contributed by atoms with Crippen LogP contribution in [0.1, 0.15) is 25.0 Å². The number of hydrogen-bond donors (Lipinski definition) is 1. The Labute approximate surface area is 94.8 Å². The van der Waals surface area contributed by atoms with Crippen LogP contribution in [-0.4, -0.2) is 17.3 Å². The number of hydrogen-bond acceptors (Lipinski definition) is 2. The molecule has 1 aliphatic heterocycles. The zero-order valence-electron chi connectivity index (χ0n) is 9.01. The van der Waals surface area contributed by atoms with Gasteiger partial charge in [-0.3, -0.25) is 0 Å². The summed E-state index contributed by atoms with van der Waals surface area (Å²) in [6.45, 7) is 4.24. The first-order chi connectivity index (χ1) is 7.02. The SMILES string of the molecule is CC1(C)Cc2cc(Cl)cc(CCO)c2O1. The van der Waals surface area contributed by atoms with Crippen molar-refractivity contribution in [1.29, 1.82) is 0 Å². The number of rotatable bonds is 2. The van der Waals surface area contributed by atoms with E-state index in [2.05, 4.69) is 13.8 Å². The largest absolute Gasteiger partial charge is 0.487 e. The molecule has 1 N–H and O–H groups in total. The van der Waals surface area contributed by atoms with Crippen LogP contribution in [0.3, 0.4) is 0 Å². The standard InChI is InChI=1S/C12H15ClO2/c1-12(2)7-9-6-10(13)5-8(3-4-14)11(9)15-12/h5-6,14H,3-4,7H2,1-2H3. The molecule has 1 heterocycles. The minimum Gasteiger partial charge on any atom is -0.487 e. The molecule has 2 rings (SSSR count). The van der Waals surface area contributed by atoms with E-state index in [1.165, 1.54) is 0 Å². The molecule has 15 heavy (non-hydrogen) atoms. The summed E-state index contributed by atoms with van der Waals surface area (Å²) in [5, 5.41) is 9.69. The summed E-state index contributed by atoms with van der Waals surface area (Å²) < 4.78 is 5.86. The summed E-state index contributed by atoms with van der Waals surface area (Å²) in [6.07, 6.45) is 1.47. The predicted octanol–water partition coefficient (Wildman–Crippen LogP) is 2.59. The number of aliphatic hydroxyl groups excluding tert-OH is 1. The van der Waals surface area contributed by atoms with Crippen LogP contribution in [0.5, 0.6) is 5.75 Å². The molecule has 0 unspecified atom stereocenters. The summed E-state index contributed by atoms with van der Waals surface area (Å²) >= 11 is 6.02. The third kappa shape index (κ3) is 2.11. The predicted molar refractivity (Wildman–Crippen MR) is 60.7 cm³/mol. The Morgan fingerprint density at radius 2 is 2.20 bits per heavy atom. The van der Waals surface area contributed by atoms with Crippen molar-refractivity contribution in [1.82, 2.24) is 0 Å². The van der Waals surface area contributed by atoms with E-state index in [0.717, 1.165) is 28.3 Å². The molecule has 0 saturated carbocycles. The minimum absolute atomic E-state index is 0.122. The van der Waals surface area contributed by atoms with Crippen LogP contribution in [-0.2, 0) is 12.8 Å². The molecular formula is C12H15ClO2. The molecule has 1 aromatic carbocycles. The minimum atomic E-state index is -0.156. The Hall–Kier alpha value is -0.730. The van der Waals surface area contributed by atoms with Gasteiger partial charge in [-0.15, -0.1) is 0 Å². The highest BCUT2D eigenvalue weighted by atomic mass is 35.5. The van der Waals surface area contributed by atoms with Gasteiger partial charge in [0, 0.05) is 18.1 Å². The molecule has 0 spiro atoms. The number of aliphatic hydroxyl groups is 1. The summed E-state index contributed by atoms with van der Waals surface area (Å²) in [4.78, 5) is 0. The third-order valence-corrected chi connectivity index (χ3v) is 2.80. The molecule has 0 bridgehead atoms. The van der Waals surface area contributed by atoms with Crippen molar-refractivity contribution in [3.05, 3.63) is 28.3 Å². The van der Waals surface area contributed by atoms with Crippen LogP contribution < -0.4 is 4.74 Å². The molecule has 0 aliphatic carbocycles. The maximum absolute atomic E-state index is 8.97. The Balaban J connectivity index is 2.43. The molecule has 3 heteroatoms. The molecule has 82 valence electrons. The molecule has 0 saturated heterocycles. The maximum Gasteiger partial charge on any atom is 0.126 e. The highest BCUT2D eigenvalue weighted by Crippen LogP contribution is 2.39. The van der Waals surface area contributed by atoms with Crippen molar-refractivity contribution >= 4 is 11.6 Å². The molecule has 0 amide bonds. The quantitative estimate of drug-likeness (QED) is 0.840. The van der Waals surface area contributed by atoms with E-state index in [1.807, 2.05) is 12.1 Å². The lowest BCUT2D eigenvalue weighted by Crippen LogP contribution is -2.24. The maximum atomic E-state index is 8.97. The van der Waals surface area contributed by atoms with Gasteiger partial charge in [0.1, 0.15) is 11.4 Å². The number of benzene rings is 1. The zero-order chi connectivity index (χ0) is 11.1. The van der Waals surface area contributed by atoms with Gasteiger partial charge in [-0.25, -0.2) is 0 Å². The Bertz CT molecular complexity index is 385. The average molecular weight is 227 g/mol. The van der Waals surface area contributed by atoms with Crippen LogP contribution in [0.15, 0.2) is 12.1 Å². The first-order valence-electron chi connectivity index (χ1n) is 5.13. The first-order valence-corrected chi connectivity index (χ1v) is 5.51. The lowest BCUT2D eigenvalue weighted by Gasteiger charge is -2.18. The second-order valence-corrected chi connectivity index (χ2v) is 5.00.